The number of phenolic OH excluding ortho intramolecular Hbond substituents is 1. The number of phenols is 1. The van der Waals surface area contributed by atoms with Crippen molar-refractivity contribution in [2.45, 2.75) is 0 Å². The summed E-state index contributed by atoms with van der Waals surface area (Å²) in [5.74, 6) is 0.893. The lowest BCUT2D eigenvalue weighted by Gasteiger charge is -2.18. The van der Waals surface area contributed by atoms with Crippen molar-refractivity contribution in [1.82, 2.24) is 0 Å². The van der Waals surface area contributed by atoms with Gasteiger partial charge in [0.2, 0.25) is 0 Å². The average Bonchev–Trinajstić information content (AvgIpc) is 2.52. The summed E-state index contributed by atoms with van der Waals surface area (Å²) in [7, 11) is 0. The first-order valence-corrected chi connectivity index (χ1v) is 6.40. The van der Waals surface area contributed by atoms with Gasteiger partial charge >= 0.3 is 0 Å². The molecule has 3 nitrogen and oxygen atoms in total. The molecule has 1 heterocycles. The van der Waals surface area contributed by atoms with Crippen LogP contribution in [0.3, 0.4) is 0 Å². The molecular formula is C17H11NO2. The quantitative estimate of drug-likeness (QED) is 0.725. The summed E-state index contributed by atoms with van der Waals surface area (Å²) < 4.78 is 0. The second-order valence-electron chi connectivity index (χ2n) is 4.71. The van der Waals surface area contributed by atoms with Gasteiger partial charge in [0.1, 0.15) is 11.5 Å². The maximum absolute atomic E-state index is 10.3. The molecule has 3 aromatic carbocycles. The molecule has 0 saturated heterocycles. The molecule has 0 saturated carbocycles. The largest absolute Gasteiger partial charge is 0.507 e. The highest BCUT2D eigenvalue weighted by atomic mass is 16.6. The van der Waals surface area contributed by atoms with Gasteiger partial charge in [-0.3, -0.25) is 0 Å². The lowest BCUT2D eigenvalue weighted by Crippen LogP contribution is -2.11. The molecule has 0 aromatic heterocycles. The first kappa shape index (κ1) is 11.1. The molecule has 3 heteroatoms. The monoisotopic (exact) mass is 261 g/mol. The number of nitrogens with zero attached hydrogens (tertiary/aromatic N) is 1. The highest BCUT2D eigenvalue weighted by Gasteiger charge is 2.22. The molecule has 4 rings (SSSR count). The first-order valence-electron chi connectivity index (χ1n) is 6.40. The molecule has 20 heavy (non-hydrogen) atoms. The highest BCUT2D eigenvalue weighted by Crippen LogP contribution is 2.38. The van der Waals surface area contributed by atoms with E-state index in [-0.39, 0.29) is 5.75 Å². The van der Waals surface area contributed by atoms with Gasteiger partial charge in [0.25, 0.3) is 0 Å². The number of hydrogen-bond donors (Lipinski definition) is 1. The molecule has 1 aliphatic rings. The fourth-order valence-electron chi connectivity index (χ4n) is 2.58. The van der Waals surface area contributed by atoms with E-state index in [0.29, 0.717) is 11.5 Å². The normalized spacial score (nSPS) is 12.9. The maximum atomic E-state index is 10.3. The van der Waals surface area contributed by atoms with Crippen LogP contribution in [0, 0.1) is 0 Å². The van der Waals surface area contributed by atoms with Crippen LogP contribution in [0.1, 0.15) is 11.1 Å². The minimum atomic E-state index is 0.218. The summed E-state index contributed by atoms with van der Waals surface area (Å²) >= 11 is 0. The van der Waals surface area contributed by atoms with Crippen LogP contribution in [0.2, 0.25) is 0 Å². The van der Waals surface area contributed by atoms with E-state index in [9.17, 15) is 5.11 Å². The van der Waals surface area contributed by atoms with E-state index >= 15 is 0 Å². The summed E-state index contributed by atoms with van der Waals surface area (Å²) in [5.41, 5.74) is 2.31. The third-order valence-corrected chi connectivity index (χ3v) is 3.50. The van der Waals surface area contributed by atoms with Crippen molar-refractivity contribution in [2.75, 3.05) is 0 Å². The second-order valence-corrected chi connectivity index (χ2v) is 4.71. The van der Waals surface area contributed by atoms with Crippen LogP contribution >= 0.6 is 0 Å². The minimum absolute atomic E-state index is 0.218. The molecule has 0 amide bonds. The number of hydrogen-bond acceptors (Lipinski definition) is 3. The van der Waals surface area contributed by atoms with E-state index in [1.807, 2.05) is 54.6 Å². The minimum Gasteiger partial charge on any atom is -0.507 e. The second kappa shape index (κ2) is 4.10. The van der Waals surface area contributed by atoms with Gasteiger partial charge in [-0.05, 0) is 17.5 Å². The van der Waals surface area contributed by atoms with Crippen molar-refractivity contribution in [1.29, 1.82) is 0 Å². The van der Waals surface area contributed by atoms with Crippen LogP contribution in [0.25, 0.3) is 10.8 Å². The van der Waals surface area contributed by atoms with Crippen molar-refractivity contribution >= 4 is 16.5 Å². The Morgan fingerprint density at radius 2 is 1.70 bits per heavy atom. The number of aromatic hydroxyl groups is 1. The molecule has 1 N–H and O–H groups in total. The lowest BCUT2D eigenvalue weighted by atomic mass is 9.94. The van der Waals surface area contributed by atoms with E-state index in [2.05, 4.69) is 5.16 Å². The molecule has 0 radical (unpaired) electrons. The molecular weight excluding hydrogens is 250 g/mol. The predicted octanol–water partition coefficient (Wildman–Crippen LogP) is 3.69. The van der Waals surface area contributed by atoms with Gasteiger partial charge in [-0.1, -0.05) is 53.7 Å². The van der Waals surface area contributed by atoms with Crippen LogP contribution in [0.4, 0.5) is 0 Å². The zero-order valence-electron chi connectivity index (χ0n) is 10.6. The van der Waals surface area contributed by atoms with E-state index in [1.165, 1.54) is 0 Å². The highest BCUT2D eigenvalue weighted by molar-refractivity contribution is 6.22. The van der Waals surface area contributed by atoms with Crippen molar-refractivity contribution in [3.63, 3.8) is 0 Å². The Morgan fingerprint density at radius 3 is 2.55 bits per heavy atom. The van der Waals surface area contributed by atoms with Gasteiger partial charge in [0.15, 0.2) is 5.75 Å². The van der Waals surface area contributed by atoms with Gasteiger partial charge < -0.3 is 9.94 Å². The fraction of sp³-hybridized carbons (Fsp3) is 0. The maximum Gasteiger partial charge on any atom is 0.166 e. The van der Waals surface area contributed by atoms with Crippen LogP contribution in [0.15, 0.2) is 65.8 Å². The number of benzene rings is 3. The Balaban J connectivity index is 2.07. The smallest absolute Gasteiger partial charge is 0.166 e. The molecule has 96 valence electrons. The summed E-state index contributed by atoms with van der Waals surface area (Å²) in [6, 6.07) is 19.1. The van der Waals surface area contributed by atoms with Gasteiger partial charge in [-0.2, -0.15) is 0 Å². The van der Waals surface area contributed by atoms with Crippen molar-refractivity contribution in [3.05, 3.63) is 71.8 Å². The van der Waals surface area contributed by atoms with Crippen molar-refractivity contribution in [2.24, 2.45) is 5.16 Å². The third kappa shape index (κ3) is 1.50. The third-order valence-electron chi connectivity index (χ3n) is 3.50. The Morgan fingerprint density at radius 1 is 0.850 bits per heavy atom. The Bertz CT molecular complexity index is 838. The van der Waals surface area contributed by atoms with Crippen molar-refractivity contribution < 1.29 is 9.94 Å². The summed E-state index contributed by atoms with van der Waals surface area (Å²) in [6.07, 6.45) is 0. The zero-order chi connectivity index (χ0) is 13.5. The summed E-state index contributed by atoms with van der Waals surface area (Å²) in [6.45, 7) is 0. The van der Waals surface area contributed by atoms with Gasteiger partial charge in [-0.25, -0.2) is 0 Å². The Labute approximate surface area is 115 Å². The van der Waals surface area contributed by atoms with Gasteiger partial charge in [-0.15, -0.1) is 0 Å². The predicted molar refractivity (Wildman–Crippen MR) is 78.3 cm³/mol. The molecule has 3 aromatic rings. The standard InChI is InChI=1S/C17H11NO2/c19-13-10-9-11-7-4-8-14-15(11)16(13)17(18-20-14)12-5-2-1-3-6-12/h1-10,19H. The molecule has 0 spiro atoms. The van der Waals surface area contributed by atoms with Gasteiger partial charge in [0, 0.05) is 10.9 Å². The average molecular weight is 261 g/mol. The van der Waals surface area contributed by atoms with Crippen LogP contribution in [-0.2, 0) is 0 Å². The van der Waals surface area contributed by atoms with Crippen molar-refractivity contribution in [3.8, 4) is 11.5 Å². The lowest BCUT2D eigenvalue weighted by molar-refractivity contribution is 0.342. The SMILES string of the molecule is Oc1ccc2cccc3c2c1C(c1ccccc1)=NO3. The van der Waals surface area contributed by atoms with E-state index in [1.54, 1.807) is 6.07 Å². The fourth-order valence-corrected chi connectivity index (χ4v) is 2.58. The Hall–Kier alpha value is -2.81. The summed E-state index contributed by atoms with van der Waals surface area (Å²) in [4.78, 5) is 5.49. The first-order chi connectivity index (χ1) is 9.84. The Kier molecular flexibility index (Phi) is 2.27. The molecule has 0 unspecified atom stereocenters. The summed E-state index contributed by atoms with van der Waals surface area (Å²) in [5, 5.41) is 16.4. The molecule has 0 fully saturated rings. The van der Waals surface area contributed by atoms with Crippen LogP contribution < -0.4 is 4.84 Å². The van der Waals surface area contributed by atoms with E-state index in [4.69, 9.17) is 4.84 Å². The topological polar surface area (TPSA) is 41.8 Å². The number of rotatable bonds is 1. The van der Waals surface area contributed by atoms with Crippen LogP contribution in [0.5, 0.6) is 11.5 Å². The molecule has 0 aliphatic carbocycles. The van der Waals surface area contributed by atoms with E-state index in [0.717, 1.165) is 21.9 Å². The zero-order valence-corrected chi connectivity index (χ0v) is 10.6. The molecule has 0 bridgehead atoms. The molecule has 1 aliphatic heterocycles. The number of oxime groups is 1. The van der Waals surface area contributed by atoms with Crippen LogP contribution in [-0.4, -0.2) is 10.8 Å². The van der Waals surface area contributed by atoms with Gasteiger partial charge in [0.05, 0.1) is 5.56 Å². The van der Waals surface area contributed by atoms with E-state index < -0.39 is 0 Å². The molecule has 0 atom stereocenters.